The second-order valence-corrected chi connectivity index (χ2v) is 7.58. The molecule has 1 fully saturated rings. The van der Waals surface area contributed by atoms with E-state index in [0.29, 0.717) is 0 Å². The van der Waals surface area contributed by atoms with Crippen molar-refractivity contribution in [3.05, 3.63) is 0 Å². The molecule has 1 N–H and O–H groups in total. The van der Waals surface area contributed by atoms with Crippen LogP contribution in [0, 0.1) is 5.16 Å². The zero-order valence-corrected chi connectivity index (χ0v) is 10.7. The molecule has 0 atom stereocenters. The summed E-state index contributed by atoms with van der Waals surface area (Å²) in [5.41, 5.74) is 0. The molecule has 4 nitrogen and oxygen atoms in total. The molecule has 0 spiro atoms. The lowest BCUT2D eigenvalue weighted by atomic mass is 10.2. The predicted molar refractivity (Wildman–Crippen MR) is 62.4 cm³/mol. The van der Waals surface area contributed by atoms with Crippen LogP contribution in [0.25, 0.3) is 0 Å². The fraction of sp³-hybridized carbons (Fsp3) is 1.00. The average molecular weight is 218 g/mol. The van der Waals surface area contributed by atoms with Crippen LogP contribution in [0.5, 0.6) is 0 Å². The first-order valence-corrected chi connectivity index (χ1v) is 6.89. The van der Waals surface area contributed by atoms with Gasteiger partial charge in [0.2, 0.25) is 0 Å². The van der Waals surface area contributed by atoms with E-state index in [-0.39, 0.29) is 0 Å². The maximum absolute atomic E-state index is 8.61. The van der Waals surface area contributed by atoms with Crippen molar-refractivity contribution < 1.29 is 0 Å². The fourth-order valence-electron chi connectivity index (χ4n) is 2.02. The molecule has 0 aromatic rings. The van der Waals surface area contributed by atoms with Crippen LogP contribution in [-0.2, 0) is 0 Å². The fourth-order valence-corrected chi connectivity index (χ4v) is 4.59. The highest BCUT2D eigenvalue weighted by Crippen LogP contribution is 2.54. The number of piperidine rings is 1. The van der Waals surface area contributed by atoms with E-state index in [1.165, 1.54) is 19.3 Å². The summed E-state index contributed by atoms with van der Waals surface area (Å²) >= 11 is 0. The summed E-state index contributed by atoms with van der Waals surface area (Å²) in [7, 11) is 6.15. The smallest absolute Gasteiger partial charge is 0.164 e. The van der Waals surface area contributed by atoms with E-state index < -0.39 is 7.51 Å². The van der Waals surface area contributed by atoms with E-state index in [0.717, 1.165) is 13.1 Å². The lowest BCUT2D eigenvalue weighted by Crippen LogP contribution is -2.37. The van der Waals surface area contributed by atoms with Crippen molar-refractivity contribution in [2.24, 2.45) is 0 Å². The first-order valence-electron chi connectivity index (χ1n) is 5.24. The van der Waals surface area contributed by atoms with Crippen LogP contribution in [0.2, 0.25) is 0 Å². The zero-order valence-electron chi connectivity index (χ0n) is 9.82. The summed E-state index contributed by atoms with van der Waals surface area (Å²) in [6, 6.07) is 0. The van der Waals surface area contributed by atoms with Gasteiger partial charge in [0, 0.05) is 13.1 Å². The minimum atomic E-state index is -1.94. The molecular formula is C9H23N4P. The van der Waals surface area contributed by atoms with E-state index in [1.54, 1.807) is 0 Å². The molecule has 14 heavy (non-hydrogen) atoms. The van der Waals surface area contributed by atoms with Crippen LogP contribution in [0.1, 0.15) is 19.3 Å². The van der Waals surface area contributed by atoms with Crippen molar-refractivity contribution in [1.82, 2.24) is 14.0 Å². The molecule has 1 heterocycles. The van der Waals surface area contributed by atoms with Gasteiger partial charge in [-0.25, -0.2) is 4.67 Å². The number of hydrogen-bond donors (Lipinski definition) is 1. The summed E-state index contributed by atoms with van der Waals surface area (Å²) < 4.78 is 6.52. The van der Waals surface area contributed by atoms with E-state index in [1.807, 2.05) is 28.2 Å². The molecule has 0 saturated carbocycles. The Bertz CT molecular complexity index is 209. The molecule has 84 valence electrons. The third-order valence-corrected chi connectivity index (χ3v) is 6.26. The van der Waals surface area contributed by atoms with Crippen molar-refractivity contribution in [2.45, 2.75) is 19.3 Å². The predicted octanol–water partition coefficient (Wildman–Crippen LogP) is 2.12. The van der Waals surface area contributed by atoms with Crippen LogP contribution in [0.4, 0.5) is 0 Å². The molecule has 1 rings (SSSR count). The topological polar surface area (TPSA) is 33.6 Å². The highest BCUT2D eigenvalue weighted by atomic mass is 31.2. The highest BCUT2D eigenvalue weighted by Gasteiger charge is 2.31. The van der Waals surface area contributed by atoms with E-state index in [2.05, 4.69) is 14.0 Å². The van der Waals surface area contributed by atoms with Gasteiger partial charge in [-0.05, 0) is 41.0 Å². The largest absolute Gasteiger partial charge is 0.277 e. The Morgan fingerprint density at radius 1 is 0.929 bits per heavy atom. The van der Waals surface area contributed by atoms with Crippen molar-refractivity contribution in [2.75, 3.05) is 41.3 Å². The molecule has 1 aliphatic rings. The molecule has 0 aliphatic carbocycles. The maximum Gasteiger partial charge on any atom is 0.164 e. The van der Waals surface area contributed by atoms with Crippen molar-refractivity contribution >= 4 is 7.51 Å². The lowest BCUT2D eigenvalue weighted by molar-refractivity contribution is 0.323. The van der Waals surface area contributed by atoms with Gasteiger partial charge in [0.05, 0.1) is 0 Å². The Morgan fingerprint density at radius 3 is 1.71 bits per heavy atom. The summed E-state index contributed by atoms with van der Waals surface area (Å²) in [5, 5.41) is 8.61. The summed E-state index contributed by atoms with van der Waals surface area (Å²) in [4.78, 5) is 0. The third-order valence-electron chi connectivity index (χ3n) is 2.84. The van der Waals surface area contributed by atoms with E-state index >= 15 is 0 Å². The van der Waals surface area contributed by atoms with Crippen molar-refractivity contribution in [3.63, 3.8) is 0 Å². The number of hydrogen-bond acceptors (Lipinski definition) is 1. The van der Waals surface area contributed by atoms with Gasteiger partial charge < -0.3 is 0 Å². The minimum Gasteiger partial charge on any atom is -0.277 e. The molecule has 0 aromatic heterocycles. The molecule has 0 unspecified atom stereocenters. The average Bonchev–Trinajstić information content (AvgIpc) is 2.17. The first kappa shape index (κ1) is 12.2. The molecule has 1 saturated heterocycles. The van der Waals surface area contributed by atoms with E-state index in [4.69, 9.17) is 5.16 Å². The maximum atomic E-state index is 8.61. The molecule has 0 aromatic carbocycles. The van der Waals surface area contributed by atoms with Crippen LogP contribution >= 0.6 is 7.51 Å². The van der Waals surface area contributed by atoms with Crippen LogP contribution in [0.15, 0.2) is 0 Å². The Hall–Kier alpha value is 0.110. The Balaban J connectivity index is 2.81. The van der Waals surface area contributed by atoms with Gasteiger partial charge in [0.1, 0.15) is 0 Å². The van der Waals surface area contributed by atoms with E-state index in [9.17, 15) is 0 Å². The lowest BCUT2D eigenvalue weighted by Gasteiger charge is -2.44. The third kappa shape index (κ3) is 2.19. The Morgan fingerprint density at radius 2 is 1.36 bits per heavy atom. The van der Waals surface area contributed by atoms with Gasteiger partial charge >= 0.3 is 0 Å². The Kier molecular flexibility index (Phi) is 4.14. The summed E-state index contributed by atoms with van der Waals surface area (Å²) in [6.07, 6.45) is 3.84. The molecule has 0 radical (unpaired) electrons. The zero-order chi connectivity index (χ0) is 10.8. The Labute approximate surface area is 87.9 Å². The van der Waals surface area contributed by atoms with Crippen molar-refractivity contribution in [3.8, 4) is 0 Å². The quantitative estimate of drug-likeness (QED) is 0.737. The highest BCUT2D eigenvalue weighted by molar-refractivity contribution is 7.57. The number of nitrogens with one attached hydrogen (secondary N) is 1. The number of nitrogens with zero attached hydrogens (tertiary/aromatic N) is 3. The SMILES string of the molecule is CN(C)P(=N)(N(C)C)N1CCCCC1. The molecule has 1 aliphatic heterocycles. The normalized spacial score (nSPS) is 20.7. The van der Waals surface area contributed by atoms with Gasteiger partial charge in [-0.2, -0.15) is 0 Å². The monoisotopic (exact) mass is 218 g/mol. The van der Waals surface area contributed by atoms with Gasteiger partial charge in [0.15, 0.2) is 7.51 Å². The molecular weight excluding hydrogens is 195 g/mol. The second kappa shape index (κ2) is 4.75. The standard InChI is InChI=1S/C9H23N4P/c1-11(2)14(10,12(3)4)13-8-6-5-7-9-13/h10H,5-9H2,1-4H3. The molecule has 5 heteroatoms. The second-order valence-electron chi connectivity index (χ2n) is 4.28. The molecule has 0 amide bonds. The van der Waals surface area contributed by atoms with Gasteiger partial charge in [0.25, 0.3) is 0 Å². The summed E-state index contributed by atoms with van der Waals surface area (Å²) in [6.45, 7) is 2.18. The van der Waals surface area contributed by atoms with Crippen molar-refractivity contribution in [1.29, 1.82) is 5.16 Å². The van der Waals surface area contributed by atoms with Gasteiger partial charge in [-0.15, -0.1) is 0 Å². The van der Waals surface area contributed by atoms with Crippen LogP contribution in [0.3, 0.4) is 0 Å². The summed E-state index contributed by atoms with van der Waals surface area (Å²) in [5.74, 6) is 0. The van der Waals surface area contributed by atoms with Gasteiger partial charge in [-0.1, -0.05) is 6.42 Å². The first-order chi connectivity index (χ1) is 6.49. The molecule has 0 bridgehead atoms. The van der Waals surface area contributed by atoms with Crippen LogP contribution in [-0.4, -0.2) is 55.3 Å². The minimum absolute atomic E-state index is 1.09. The van der Waals surface area contributed by atoms with Gasteiger partial charge in [-0.3, -0.25) is 14.5 Å². The van der Waals surface area contributed by atoms with Crippen LogP contribution < -0.4 is 0 Å². The number of rotatable bonds is 3.